The van der Waals surface area contributed by atoms with E-state index in [4.69, 9.17) is 17.2 Å². The maximum absolute atomic E-state index is 14.1. The topological polar surface area (TPSA) is 455 Å². The Hall–Kier alpha value is -6.81. The minimum atomic E-state index is -1.86. The van der Waals surface area contributed by atoms with E-state index in [-0.39, 0.29) is 50.0 Å². The number of carbonyl (C=O) groups excluding carboxylic acids is 10. The summed E-state index contributed by atoms with van der Waals surface area (Å²) in [6.07, 6.45) is -4.99. The third kappa shape index (κ3) is 24.7. The van der Waals surface area contributed by atoms with E-state index in [0.29, 0.717) is 18.4 Å². The van der Waals surface area contributed by atoms with Crippen LogP contribution in [0.25, 0.3) is 0 Å². The summed E-state index contributed by atoms with van der Waals surface area (Å²) in [6.45, 7) is 15.5. The average molecular weight is 1110 g/mol. The molecule has 0 spiro atoms. The first kappa shape index (κ1) is 69.2. The van der Waals surface area contributed by atoms with Crippen LogP contribution in [0, 0.1) is 17.8 Å². The zero-order valence-corrected chi connectivity index (χ0v) is 46.3. The summed E-state index contributed by atoms with van der Waals surface area (Å²) in [4.78, 5) is 147. The lowest BCUT2D eigenvalue weighted by Gasteiger charge is -2.29. The van der Waals surface area contributed by atoms with Gasteiger partial charge in [0.05, 0.1) is 30.8 Å². The first-order valence-electron chi connectivity index (χ1n) is 26.1. The molecule has 440 valence electrons. The van der Waals surface area contributed by atoms with Crippen LogP contribution in [0.4, 0.5) is 0 Å². The van der Waals surface area contributed by atoms with Crippen LogP contribution in [0.1, 0.15) is 113 Å². The molecule has 27 heteroatoms. The molecule has 1 aromatic rings. The van der Waals surface area contributed by atoms with Gasteiger partial charge >= 0.3 is 5.97 Å². The van der Waals surface area contributed by atoms with Gasteiger partial charge in [-0.15, -0.1) is 0 Å². The highest BCUT2D eigenvalue weighted by atomic mass is 16.4. The second-order valence-electron chi connectivity index (χ2n) is 20.7. The molecule has 1 rings (SSSR count). The Balaban J connectivity index is 3.40. The van der Waals surface area contributed by atoms with Crippen molar-refractivity contribution in [2.45, 2.75) is 193 Å². The molecule has 0 saturated carbocycles. The van der Waals surface area contributed by atoms with Gasteiger partial charge in [-0.3, -0.25) is 47.9 Å². The van der Waals surface area contributed by atoms with Crippen LogP contribution >= 0.6 is 0 Å². The number of hydrogen-bond donors (Lipinski definition) is 16. The minimum absolute atomic E-state index is 0.0136. The summed E-state index contributed by atoms with van der Waals surface area (Å²) >= 11 is 0. The lowest BCUT2D eigenvalue weighted by Crippen LogP contribution is -2.63. The van der Waals surface area contributed by atoms with Gasteiger partial charge in [-0.05, 0) is 89.7 Å². The van der Waals surface area contributed by atoms with Crippen LogP contribution < -0.4 is 65.1 Å². The number of amides is 10. The Morgan fingerprint density at radius 2 is 0.859 bits per heavy atom. The molecule has 27 nitrogen and oxygen atoms in total. The van der Waals surface area contributed by atoms with Gasteiger partial charge in [0.25, 0.3) is 0 Å². The number of unbranched alkanes of at least 4 members (excludes halogenated alkanes) is 1. The Morgan fingerprint density at radius 1 is 0.474 bits per heavy atom. The maximum Gasteiger partial charge on any atom is 0.326 e. The summed E-state index contributed by atoms with van der Waals surface area (Å²) in [7, 11) is 0. The van der Waals surface area contributed by atoms with Crippen molar-refractivity contribution >= 4 is 65.0 Å². The molecule has 0 aliphatic carbocycles. The summed E-state index contributed by atoms with van der Waals surface area (Å²) in [5, 5.41) is 63.0. The predicted molar refractivity (Wildman–Crippen MR) is 284 cm³/mol. The van der Waals surface area contributed by atoms with Crippen LogP contribution in [-0.4, -0.2) is 171 Å². The fraction of sp³-hybridized carbons (Fsp3) is 0.667. The van der Waals surface area contributed by atoms with E-state index in [1.54, 1.807) is 58.0 Å². The van der Waals surface area contributed by atoms with Crippen LogP contribution in [0.3, 0.4) is 0 Å². The molecule has 19 N–H and O–H groups in total. The van der Waals surface area contributed by atoms with E-state index >= 15 is 0 Å². The van der Waals surface area contributed by atoms with Crippen molar-refractivity contribution in [2.75, 3.05) is 6.54 Å². The molecule has 0 radical (unpaired) electrons. The monoisotopic (exact) mass is 1110 g/mol. The SMILES string of the molecule is CC(C)C[C@H](NC(=O)[C@@H](N)C(C)C)C(=O)N[C@H](C(=O)N[C@@H](CC(C)C)C(=O)N[C@@H](C)C(=O)N[C@@H](CC(N)=O)C(=O)N[C@@H](Cc1ccccc1)C(=O)N[C@H](C(=O)N[C@H](C(=O)N[C@@H](CCCCN)C(=O)O)[C@@H](C)O)[C@@H](C)O)[C@@H](C)O. The number of rotatable bonds is 35. The van der Waals surface area contributed by atoms with Gasteiger partial charge in [-0.2, -0.15) is 0 Å². The Morgan fingerprint density at radius 3 is 1.28 bits per heavy atom. The molecular formula is C51H86N12O15. The van der Waals surface area contributed by atoms with E-state index < -0.39 is 150 Å². The molecule has 78 heavy (non-hydrogen) atoms. The Bertz CT molecular complexity index is 2180. The Labute approximate surface area is 455 Å². The summed E-state index contributed by atoms with van der Waals surface area (Å²) < 4.78 is 0. The molecular weight excluding hydrogens is 1020 g/mol. The summed E-state index contributed by atoms with van der Waals surface area (Å²) in [5.74, 6) is -11.9. The highest BCUT2D eigenvalue weighted by molar-refractivity contribution is 5.99. The minimum Gasteiger partial charge on any atom is -0.480 e. The third-order valence-corrected chi connectivity index (χ3v) is 12.2. The van der Waals surface area contributed by atoms with Crippen molar-refractivity contribution < 1.29 is 73.2 Å². The molecule has 0 aromatic heterocycles. The number of primary amides is 1. The first-order valence-corrected chi connectivity index (χ1v) is 26.1. The number of carbonyl (C=O) groups is 11. The molecule has 0 aliphatic heterocycles. The zero-order chi connectivity index (χ0) is 59.7. The van der Waals surface area contributed by atoms with Gasteiger partial charge in [0.2, 0.25) is 59.1 Å². The van der Waals surface area contributed by atoms with E-state index in [9.17, 15) is 73.2 Å². The van der Waals surface area contributed by atoms with Gasteiger partial charge in [0.1, 0.15) is 54.4 Å². The second kappa shape index (κ2) is 34.2. The molecule has 0 unspecified atom stereocenters. The molecule has 0 aliphatic rings. The molecule has 10 amide bonds. The van der Waals surface area contributed by atoms with Gasteiger partial charge in [-0.25, -0.2) is 4.79 Å². The molecule has 0 saturated heterocycles. The number of nitrogens with one attached hydrogen (secondary N) is 9. The zero-order valence-electron chi connectivity index (χ0n) is 46.3. The summed E-state index contributed by atoms with van der Waals surface area (Å²) in [6, 6.07) is -6.90. The van der Waals surface area contributed by atoms with Gasteiger partial charge in [0, 0.05) is 6.42 Å². The summed E-state index contributed by atoms with van der Waals surface area (Å²) in [5.41, 5.74) is 17.4. The first-order chi connectivity index (χ1) is 36.3. The molecule has 0 bridgehead atoms. The van der Waals surface area contributed by atoms with Gasteiger partial charge < -0.3 is 85.5 Å². The normalized spacial score (nSPS) is 16.4. The standard InChI is InChI=1S/C51H86N12O15/c1-24(2)20-33(60-49(75)39(28(8)64)61-45(71)34(21-25(3)4)59-47(73)38(54)26(5)6)43(69)55-27(7)42(68)57-36(23-37(53)67)44(70)58-35(22-31-16-12-11-13-17-31)46(72)62-41(30(10)66)50(76)63-40(29(9)65)48(74)56-32(51(77)78)18-14-15-19-52/h11-13,16-17,24-30,32-36,38-41,64-66H,14-15,18-23,52,54H2,1-10H3,(H2,53,67)(H,55,69)(H,56,74)(H,57,68)(H,58,70)(H,59,73)(H,60,75)(H,61,71)(H,62,72)(H,63,76)(H,77,78)/t27-,28+,29+,30+,32-,33-,34-,35-,36-,38-,39-,40-,41-/m0/s1. The number of carboxylic acids is 1. The largest absolute Gasteiger partial charge is 0.480 e. The van der Waals surface area contributed by atoms with Crippen molar-refractivity contribution in [2.24, 2.45) is 35.0 Å². The number of hydrogen-bond acceptors (Lipinski definition) is 16. The number of aliphatic carboxylic acids is 1. The van der Waals surface area contributed by atoms with E-state index in [1.165, 1.54) is 13.8 Å². The number of aliphatic hydroxyl groups excluding tert-OH is 3. The number of nitrogens with two attached hydrogens (primary N) is 3. The van der Waals surface area contributed by atoms with Crippen molar-refractivity contribution in [1.82, 2.24) is 47.9 Å². The lowest BCUT2D eigenvalue weighted by atomic mass is 9.99. The van der Waals surface area contributed by atoms with E-state index in [2.05, 4.69) is 47.9 Å². The second-order valence-corrected chi connectivity index (χ2v) is 20.7. The van der Waals surface area contributed by atoms with Crippen LogP contribution in [0.15, 0.2) is 30.3 Å². The molecule has 0 heterocycles. The van der Waals surface area contributed by atoms with Gasteiger partial charge in [0.15, 0.2) is 0 Å². The van der Waals surface area contributed by atoms with Gasteiger partial charge in [-0.1, -0.05) is 71.9 Å². The number of carboxylic acid groups (broad SMARTS) is 1. The van der Waals surface area contributed by atoms with E-state index in [1.807, 2.05) is 13.8 Å². The van der Waals surface area contributed by atoms with Crippen molar-refractivity contribution in [3.8, 4) is 0 Å². The average Bonchev–Trinajstić information content (AvgIpc) is 3.33. The van der Waals surface area contributed by atoms with Crippen LogP contribution in [0.2, 0.25) is 0 Å². The van der Waals surface area contributed by atoms with E-state index in [0.717, 1.165) is 13.8 Å². The number of benzene rings is 1. The maximum atomic E-state index is 14.1. The fourth-order valence-corrected chi connectivity index (χ4v) is 7.63. The highest BCUT2D eigenvalue weighted by Gasteiger charge is 2.38. The predicted octanol–water partition coefficient (Wildman–Crippen LogP) is -4.08. The third-order valence-electron chi connectivity index (χ3n) is 12.2. The van der Waals surface area contributed by atoms with Crippen molar-refractivity contribution in [3.05, 3.63) is 35.9 Å². The molecule has 13 atom stereocenters. The quantitative estimate of drug-likeness (QED) is 0.0288. The van der Waals surface area contributed by atoms with Crippen LogP contribution in [0.5, 0.6) is 0 Å². The molecule has 0 fully saturated rings. The Kier molecular flexibility index (Phi) is 30.3. The molecule has 1 aromatic carbocycles. The van der Waals surface area contributed by atoms with Crippen molar-refractivity contribution in [1.29, 1.82) is 0 Å². The highest BCUT2D eigenvalue weighted by Crippen LogP contribution is 2.12. The lowest BCUT2D eigenvalue weighted by molar-refractivity contribution is -0.143. The van der Waals surface area contributed by atoms with Crippen LogP contribution in [-0.2, 0) is 59.2 Å². The number of aliphatic hydroxyl groups is 3. The smallest absolute Gasteiger partial charge is 0.326 e. The fourth-order valence-electron chi connectivity index (χ4n) is 7.63. The van der Waals surface area contributed by atoms with Crippen molar-refractivity contribution in [3.63, 3.8) is 0 Å².